The minimum Gasteiger partial charge on any atom is -0.444 e. The van der Waals surface area contributed by atoms with Crippen LogP contribution in [0.25, 0.3) is 5.57 Å². The minimum absolute atomic E-state index is 0.299. The number of benzene rings is 2. The van der Waals surface area contributed by atoms with Crippen molar-refractivity contribution in [1.82, 2.24) is 10.2 Å². The SMILES string of the molecule is CSc1cccc(C2(O)CCN(C(=O)OC(C)(C)C)CC2)c1.CSc1cccc(C2=CCNCC2)c1. The van der Waals surface area contributed by atoms with Gasteiger partial charge in [0.1, 0.15) is 5.60 Å². The fourth-order valence-electron chi connectivity index (χ4n) is 4.29. The number of carbonyl (C=O) groups is 1. The summed E-state index contributed by atoms with van der Waals surface area (Å²) in [6.45, 7) is 8.72. The molecule has 4 rings (SSSR count). The van der Waals surface area contributed by atoms with Gasteiger partial charge < -0.3 is 20.1 Å². The Morgan fingerprint density at radius 1 is 1.03 bits per heavy atom. The Hall–Kier alpha value is -1.93. The molecule has 0 spiro atoms. The highest BCUT2D eigenvalue weighted by atomic mass is 32.2. The van der Waals surface area contributed by atoms with Gasteiger partial charge in [0.15, 0.2) is 0 Å². The molecule has 1 amide bonds. The van der Waals surface area contributed by atoms with E-state index in [0.717, 1.165) is 30.0 Å². The molecule has 0 aromatic heterocycles. The number of hydrogen-bond donors (Lipinski definition) is 2. The third-order valence-electron chi connectivity index (χ3n) is 6.35. The lowest BCUT2D eigenvalue weighted by Gasteiger charge is -2.39. The summed E-state index contributed by atoms with van der Waals surface area (Å²) in [6, 6.07) is 16.8. The Morgan fingerprint density at radius 2 is 1.67 bits per heavy atom. The van der Waals surface area contributed by atoms with Crippen molar-refractivity contribution < 1.29 is 14.6 Å². The topological polar surface area (TPSA) is 61.8 Å². The zero-order valence-electron chi connectivity index (χ0n) is 22.2. The van der Waals surface area contributed by atoms with Crippen LogP contribution in [0.2, 0.25) is 0 Å². The Balaban J connectivity index is 0.000000221. The molecule has 2 N–H and O–H groups in total. The number of nitrogens with one attached hydrogen (secondary N) is 1. The number of likely N-dealkylation sites (tertiary alicyclic amines) is 1. The third kappa shape index (κ3) is 8.30. The van der Waals surface area contributed by atoms with Gasteiger partial charge in [0.2, 0.25) is 0 Å². The highest BCUT2D eigenvalue weighted by molar-refractivity contribution is 7.98. The van der Waals surface area contributed by atoms with Crippen LogP contribution in [0.4, 0.5) is 4.79 Å². The van der Waals surface area contributed by atoms with Gasteiger partial charge in [-0.2, -0.15) is 0 Å². The molecular formula is C29H40N2O3S2. The van der Waals surface area contributed by atoms with Gasteiger partial charge in [-0.15, -0.1) is 23.5 Å². The van der Waals surface area contributed by atoms with Crippen molar-refractivity contribution in [2.24, 2.45) is 0 Å². The number of nitrogens with zero attached hydrogens (tertiary/aromatic N) is 1. The zero-order chi connectivity index (χ0) is 26.2. The molecule has 2 heterocycles. The number of ether oxygens (including phenoxy) is 1. The highest BCUT2D eigenvalue weighted by Gasteiger charge is 2.36. The summed E-state index contributed by atoms with van der Waals surface area (Å²) in [7, 11) is 0. The second kappa shape index (κ2) is 13.0. The molecule has 0 bridgehead atoms. The van der Waals surface area contributed by atoms with Crippen LogP contribution < -0.4 is 5.32 Å². The molecule has 1 fully saturated rings. The summed E-state index contributed by atoms with van der Waals surface area (Å²) in [5.41, 5.74) is 2.46. The summed E-state index contributed by atoms with van der Waals surface area (Å²) in [5.74, 6) is 0. The van der Waals surface area contributed by atoms with E-state index in [1.165, 1.54) is 16.0 Å². The monoisotopic (exact) mass is 528 g/mol. The maximum Gasteiger partial charge on any atom is 0.410 e. The van der Waals surface area contributed by atoms with E-state index in [0.29, 0.717) is 25.9 Å². The van der Waals surface area contributed by atoms with E-state index < -0.39 is 11.2 Å². The first-order valence-corrected chi connectivity index (χ1v) is 15.0. The Bertz CT molecular complexity index is 1040. The number of carbonyl (C=O) groups excluding carboxylic acids is 1. The Kier molecular flexibility index (Phi) is 10.4. The highest BCUT2D eigenvalue weighted by Crippen LogP contribution is 2.34. The molecule has 0 saturated carbocycles. The van der Waals surface area contributed by atoms with Crippen LogP contribution >= 0.6 is 23.5 Å². The maximum absolute atomic E-state index is 12.1. The van der Waals surface area contributed by atoms with E-state index in [4.69, 9.17) is 4.74 Å². The summed E-state index contributed by atoms with van der Waals surface area (Å²) in [4.78, 5) is 16.2. The van der Waals surface area contributed by atoms with Crippen molar-refractivity contribution in [3.05, 3.63) is 65.7 Å². The predicted octanol–water partition coefficient (Wildman–Crippen LogP) is 6.41. The zero-order valence-corrected chi connectivity index (χ0v) is 23.8. The first-order chi connectivity index (χ1) is 17.1. The van der Waals surface area contributed by atoms with Crippen LogP contribution in [0.15, 0.2) is 64.4 Å². The fraction of sp³-hybridized carbons (Fsp3) is 0.483. The van der Waals surface area contributed by atoms with Crippen molar-refractivity contribution in [2.45, 2.75) is 61.0 Å². The van der Waals surface area contributed by atoms with Crippen LogP contribution in [0.3, 0.4) is 0 Å². The molecule has 2 aliphatic rings. The molecule has 5 nitrogen and oxygen atoms in total. The van der Waals surface area contributed by atoms with Gasteiger partial charge in [-0.25, -0.2) is 4.79 Å². The second-order valence-corrected chi connectivity index (χ2v) is 11.9. The van der Waals surface area contributed by atoms with Gasteiger partial charge >= 0.3 is 6.09 Å². The molecule has 0 aliphatic carbocycles. The number of piperidine rings is 1. The molecule has 36 heavy (non-hydrogen) atoms. The first-order valence-electron chi connectivity index (χ1n) is 12.5. The number of aliphatic hydroxyl groups is 1. The lowest BCUT2D eigenvalue weighted by Crippen LogP contribution is -2.46. The average Bonchev–Trinajstić information content (AvgIpc) is 2.89. The van der Waals surface area contributed by atoms with Gasteiger partial charge in [0.05, 0.1) is 5.60 Å². The van der Waals surface area contributed by atoms with Crippen LogP contribution in [-0.2, 0) is 10.3 Å². The molecule has 196 valence electrons. The largest absolute Gasteiger partial charge is 0.444 e. The van der Waals surface area contributed by atoms with E-state index in [9.17, 15) is 9.90 Å². The molecule has 0 unspecified atom stereocenters. The summed E-state index contributed by atoms with van der Waals surface area (Å²) < 4.78 is 5.39. The normalized spacial score (nSPS) is 17.5. The van der Waals surface area contributed by atoms with E-state index >= 15 is 0 Å². The first kappa shape index (κ1) is 28.6. The number of hydrogen-bond acceptors (Lipinski definition) is 6. The predicted molar refractivity (Wildman–Crippen MR) is 153 cm³/mol. The van der Waals surface area contributed by atoms with E-state index in [2.05, 4.69) is 41.9 Å². The quantitative estimate of drug-likeness (QED) is 0.447. The van der Waals surface area contributed by atoms with Gasteiger partial charge in [-0.1, -0.05) is 30.3 Å². The van der Waals surface area contributed by atoms with Crippen molar-refractivity contribution in [2.75, 3.05) is 38.7 Å². The Labute approximate surface area is 225 Å². The molecule has 2 aromatic rings. The molecule has 1 saturated heterocycles. The summed E-state index contributed by atoms with van der Waals surface area (Å²) in [5, 5.41) is 14.2. The van der Waals surface area contributed by atoms with Crippen LogP contribution in [-0.4, -0.2) is 60.4 Å². The Morgan fingerprint density at radius 3 is 2.25 bits per heavy atom. The smallest absolute Gasteiger partial charge is 0.410 e. The van der Waals surface area contributed by atoms with E-state index in [-0.39, 0.29) is 6.09 Å². The van der Waals surface area contributed by atoms with Crippen LogP contribution in [0.1, 0.15) is 51.2 Å². The number of rotatable bonds is 4. The summed E-state index contributed by atoms with van der Waals surface area (Å²) >= 11 is 3.47. The lowest BCUT2D eigenvalue weighted by atomic mass is 9.84. The number of amides is 1. The maximum atomic E-state index is 12.1. The van der Waals surface area contributed by atoms with Crippen LogP contribution in [0, 0.1) is 0 Å². The fourth-order valence-corrected chi connectivity index (χ4v) is 5.21. The molecule has 2 aliphatic heterocycles. The molecule has 0 atom stereocenters. The van der Waals surface area contributed by atoms with Crippen LogP contribution in [0.5, 0.6) is 0 Å². The standard InChI is InChI=1S/C17H25NO3S.C12H15NS/c1-16(2,3)21-15(19)18-10-8-17(20,9-11-18)13-6-5-7-14(12-13)22-4;1-14-12-4-2-3-11(9-12)10-5-7-13-8-6-10/h5-7,12,20H,8-11H2,1-4H3;2-5,9,13H,6-8H2,1H3. The molecular weight excluding hydrogens is 488 g/mol. The molecule has 7 heteroatoms. The minimum atomic E-state index is -0.857. The van der Waals surface area contributed by atoms with Crippen molar-refractivity contribution in [3.8, 4) is 0 Å². The van der Waals surface area contributed by atoms with Crippen molar-refractivity contribution in [3.63, 3.8) is 0 Å². The van der Waals surface area contributed by atoms with Crippen molar-refractivity contribution in [1.29, 1.82) is 0 Å². The second-order valence-electron chi connectivity index (χ2n) is 10.1. The van der Waals surface area contributed by atoms with Crippen molar-refractivity contribution >= 4 is 35.2 Å². The van der Waals surface area contributed by atoms with Gasteiger partial charge in [-0.3, -0.25) is 0 Å². The van der Waals surface area contributed by atoms with Gasteiger partial charge in [0, 0.05) is 29.4 Å². The van der Waals surface area contributed by atoms with Gasteiger partial charge in [-0.05, 0) is 100 Å². The summed E-state index contributed by atoms with van der Waals surface area (Å²) in [6.07, 6.45) is 8.35. The van der Waals surface area contributed by atoms with E-state index in [1.807, 2.05) is 51.3 Å². The third-order valence-corrected chi connectivity index (χ3v) is 7.80. The van der Waals surface area contributed by atoms with Gasteiger partial charge in [0.25, 0.3) is 0 Å². The molecule has 0 radical (unpaired) electrons. The van der Waals surface area contributed by atoms with E-state index in [1.54, 1.807) is 28.4 Å². The average molecular weight is 529 g/mol. The lowest BCUT2D eigenvalue weighted by molar-refractivity contribution is -0.0357. The number of thioether (sulfide) groups is 2. The molecule has 2 aromatic carbocycles.